The summed E-state index contributed by atoms with van der Waals surface area (Å²) in [6.45, 7) is 5.55. The first-order valence-corrected chi connectivity index (χ1v) is 14.9. The van der Waals surface area contributed by atoms with Crippen LogP contribution in [0.3, 0.4) is 0 Å². The predicted octanol–water partition coefficient (Wildman–Crippen LogP) is 5.42. The number of aromatic nitrogens is 5. The molecule has 7 nitrogen and oxygen atoms in total. The Balaban J connectivity index is 1.17. The van der Waals surface area contributed by atoms with Gasteiger partial charge in [0.15, 0.2) is 0 Å². The van der Waals surface area contributed by atoms with Crippen molar-refractivity contribution < 1.29 is 0 Å². The Morgan fingerprint density at radius 3 is 2.54 bits per heavy atom. The van der Waals surface area contributed by atoms with Crippen LogP contribution in [-0.4, -0.2) is 42.3 Å². The lowest BCUT2D eigenvalue weighted by Gasteiger charge is -2.46. The molecule has 1 aliphatic heterocycles. The van der Waals surface area contributed by atoms with Crippen molar-refractivity contribution in [2.75, 3.05) is 13.1 Å². The summed E-state index contributed by atoms with van der Waals surface area (Å²) in [7, 11) is 2.03. The van der Waals surface area contributed by atoms with Crippen LogP contribution in [0.25, 0.3) is 16.6 Å². The van der Waals surface area contributed by atoms with E-state index in [1.165, 1.54) is 68.4 Å². The Morgan fingerprint density at radius 2 is 1.87 bits per heavy atom. The maximum atomic E-state index is 14.0. The van der Waals surface area contributed by atoms with E-state index in [0.717, 1.165) is 41.8 Å². The van der Waals surface area contributed by atoms with Gasteiger partial charge in [-0.15, -0.1) is 10.2 Å². The Kier molecular flexibility index (Phi) is 5.10. The summed E-state index contributed by atoms with van der Waals surface area (Å²) in [6.07, 6.45) is 13.9. The standard InChI is InChI=1S/C32H38N6O/c1-21-16-32(17-21,30-35-33-20-36(30)2)23-4-3-5-25(14-23)38-19-27(22-6-7-22)26-15-24(34-28(26)29(38)39)18-37-12-10-31(8-9-31)11-13-37/h3-5,14-15,19-22,34H,6-13,16-18H2,1-2H3. The number of nitrogens with zero attached hydrogens (tertiary/aromatic N) is 5. The normalized spacial score (nSPS) is 26.3. The molecule has 0 amide bonds. The third kappa shape index (κ3) is 3.84. The number of hydrogen-bond acceptors (Lipinski definition) is 4. The van der Waals surface area contributed by atoms with Crippen LogP contribution in [-0.2, 0) is 19.0 Å². The first-order chi connectivity index (χ1) is 18.9. The molecule has 1 saturated heterocycles. The van der Waals surface area contributed by atoms with Gasteiger partial charge in [-0.2, -0.15) is 0 Å². The lowest BCUT2D eigenvalue weighted by molar-refractivity contribution is 0.165. The predicted molar refractivity (Wildman–Crippen MR) is 152 cm³/mol. The van der Waals surface area contributed by atoms with Crippen molar-refractivity contribution in [2.24, 2.45) is 18.4 Å². The zero-order valence-electron chi connectivity index (χ0n) is 23.1. The fraction of sp³-hybridized carbons (Fsp3) is 0.531. The highest BCUT2D eigenvalue weighted by Gasteiger charge is 2.48. The van der Waals surface area contributed by atoms with Crippen LogP contribution in [0.4, 0.5) is 0 Å². The van der Waals surface area contributed by atoms with Gasteiger partial charge in [0, 0.05) is 36.6 Å². The summed E-state index contributed by atoms with van der Waals surface area (Å²) >= 11 is 0. The first-order valence-electron chi connectivity index (χ1n) is 14.9. The van der Waals surface area contributed by atoms with E-state index < -0.39 is 0 Å². The molecule has 4 aromatic rings. The summed E-state index contributed by atoms with van der Waals surface area (Å²) in [4.78, 5) is 20.1. The van der Waals surface area contributed by atoms with Crippen molar-refractivity contribution in [1.29, 1.82) is 0 Å². The molecule has 4 fully saturated rings. The zero-order chi connectivity index (χ0) is 26.4. The highest BCUT2D eigenvalue weighted by molar-refractivity contribution is 5.84. The Bertz CT molecular complexity index is 1620. The molecule has 0 radical (unpaired) electrons. The topological polar surface area (TPSA) is 71.7 Å². The number of hydrogen-bond donors (Lipinski definition) is 1. The molecule has 202 valence electrons. The molecule has 4 aliphatic rings. The first kappa shape index (κ1) is 23.7. The lowest BCUT2D eigenvalue weighted by Crippen LogP contribution is -2.43. The molecular formula is C32H38N6O. The highest BCUT2D eigenvalue weighted by atomic mass is 16.1. The van der Waals surface area contributed by atoms with Crippen molar-refractivity contribution in [3.8, 4) is 5.69 Å². The minimum absolute atomic E-state index is 0.0445. The van der Waals surface area contributed by atoms with E-state index >= 15 is 0 Å². The molecular weight excluding hydrogens is 484 g/mol. The van der Waals surface area contributed by atoms with Crippen molar-refractivity contribution in [2.45, 2.75) is 76.2 Å². The van der Waals surface area contributed by atoms with Gasteiger partial charge in [0.1, 0.15) is 17.7 Å². The Hall–Kier alpha value is -3.19. The van der Waals surface area contributed by atoms with Crippen molar-refractivity contribution >= 4 is 10.9 Å². The highest BCUT2D eigenvalue weighted by Crippen LogP contribution is 2.54. The van der Waals surface area contributed by atoms with Gasteiger partial charge in [-0.1, -0.05) is 19.1 Å². The molecule has 4 heterocycles. The van der Waals surface area contributed by atoms with Crippen LogP contribution in [0.15, 0.2) is 47.7 Å². The van der Waals surface area contributed by atoms with Crippen molar-refractivity contribution in [3.05, 3.63) is 75.9 Å². The van der Waals surface area contributed by atoms with Crippen LogP contribution in [0.1, 0.15) is 86.9 Å². The number of pyridine rings is 1. The molecule has 7 heteroatoms. The maximum Gasteiger partial charge on any atom is 0.279 e. The van der Waals surface area contributed by atoms with E-state index in [9.17, 15) is 4.79 Å². The van der Waals surface area contributed by atoms with E-state index in [4.69, 9.17) is 0 Å². The molecule has 1 spiro atoms. The van der Waals surface area contributed by atoms with Crippen LogP contribution in [0.5, 0.6) is 0 Å². The third-order valence-electron chi connectivity index (χ3n) is 10.4. The number of aryl methyl sites for hydroxylation is 1. The second-order valence-corrected chi connectivity index (χ2v) is 13.3. The average molecular weight is 523 g/mol. The zero-order valence-corrected chi connectivity index (χ0v) is 23.1. The molecule has 3 saturated carbocycles. The second kappa shape index (κ2) is 8.40. The fourth-order valence-electron chi connectivity index (χ4n) is 7.74. The van der Waals surface area contributed by atoms with Crippen LogP contribution in [0.2, 0.25) is 0 Å². The van der Waals surface area contributed by atoms with E-state index in [-0.39, 0.29) is 11.0 Å². The molecule has 0 unspecified atom stereocenters. The van der Waals surface area contributed by atoms with Crippen molar-refractivity contribution in [3.63, 3.8) is 0 Å². The quantitative estimate of drug-likeness (QED) is 0.367. The number of nitrogens with one attached hydrogen (secondary N) is 1. The van der Waals surface area contributed by atoms with E-state index in [2.05, 4.69) is 68.1 Å². The average Bonchev–Trinajstić information content (AvgIpc) is 3.82. The van der Waals surface area contributed by atoms with Gasteiger partial charge < -0.3 is 9.55 Å². The minimum atomic E-state index is -0.152. The SMILES string of the molecule is CC1CC(c2cccc(-n3cc(C4CC4)c4cc(CN5CCC6(CC5)CC6)[nH]c4c3=O)c2)(c2nncn2C)C1. The fourth-order valence-corrected chi connectivity index (χ4v) is 7.74. The number of aromatic amines is 1. The molecule has 3 aliphatic carbocycles. The molecule has 39 heavy (non-hydrogen) atoms. The van der Waals surface area contributed by atoms with Crippen LogP contribution >= 0.6 is 0 Å². The smallest absolute Gasteiger partial charge is 0.279 e. The number of H-pyrrole nitrogens is 1. The molecule has 0 atom stereocenters. The summed E-state index contributed by atoms with van der Waals surface area (Å²) in [6, 6.07) is 10.9. The van der Waals surface area contributed by atoms with Crippen LogP contribution < -0.4 is 5.56 Å². The maximum absolute atomic E-state index is 14.0. The number of likely N-dealkylation sites (tertiary alicyclic amines) is 1. The van der Waals surface area contributed by atoms with Gasteiger partial charge >= 0.3 is 0 Å². The van der Waals surface area contributed by atoms with Gasteiger partial charge in [-0.25, -0.2) is 0 Å². The van der Waals surface area contributed by atoms with Gasteiger partial charge in [0.05, 0.1) is 5.41 Å². The third-order valence-corrected chi connectivity index (χ3v) is 10.4. The molecule has 3 aromatic heterocycles. The number of piperidine rings is 1. The van der Waals surface area contributed by atoms with E-state index in [1.807, 2.05) is 11.6 Å². The molecule has 1 aromatic carbocycles. The number of benzene rings is 1. The van der Waals surface area contributed by atoms with E-state index in [0.29, 0.717) is 17.3 Å². The van der Waals surface area contributed by atoms with Gasteiger partial charge in [0.25, 0.3) is 5.56 Å². The molecule has 8 rings (SSSR count). The monoisotopic (exact) mass is 522 g/mol. The van der Waals surface area contributed by atoms with Gasteiger partial charge in [0.2, 0.25) is 0 Å². The Morgan fingerprint density at radius 1 is 1.08 bits per heavy atom. The van der Waals surface area contributed by atoms with Gasteiger partial charge in [-0.05, 0) is 111 Å². The summed E-state index contributed by atoms with van der Waals surface area (Å²) in [5.41, 5.74) is 5.98. The molecule has 1 N–H and O–H groups in total. The minimum Gasteiger partial charge on any atom is -0.353 e. The Labute approximate surface area is 229 Å². The second-order valence-electron chi connectivity index (χ2n) is 13.3. The molecule has 0 bridgehead atoms. The van der Waals surface area contributed by atoms with Crippen molar-refractivity contribution in [1.82, 2.24) is 29.2 Å². The van der Waals surface area contributed by atoms with E-state index in [1.54, 1.807) is 6.33 Å². The van der Waals surface area contributed by atoms with Crippen LogP contribution in [0, 0.1) is 11.3 Å². The summed E-state index contributed by atoms with van der Waals surface area (Å²) in [5, 5.41) is 9.84. The largest absolute Gasteiger partial charge is 0.353 e. The lowest BCUT2D eigenvalue weighted by atomic mass is 9.58. The summed E-state index contributed by atoms with van der Waals surface area (Å²) in [5.74, 6) is 2.20. The summed E-state index contributed by atoms with van der Waals surface area (Å²) < 4.78 is 3.94. The number of fused-ring (bicyclic) bond motifs is 1. The van der Waals surface area contributed by atoms with Gasteiger partial charge in [-0.3, -0.25) is 14.3 Å². The number of rotatable bonds is 6.